The summed E-state index contributed by atoms with van der Waals surface area (Å²) in [6, 6.07) is 10.8. The summed E-state index contributed by atoms with van der Waals surface area (Å²) in [4.78, 5) is 18.7. The van der Waals surface area contributed by atoms with Crippen LogP contribution in [0.15, 0.2) is 52.3 Å². The van der Waals surface area contributed by atoms with Crippen molar-refractivity contribution in [2.24, 2.45) is 4.99 Å². The van der Waals surface area contributed by atoms with Crippen LogP contribution in [-0.4, -0.2) is 16.3 Å². The topological polar surface area (TPSA) is 65.5 Å². The van der Waals surface area contributed by atoms with Crippen LogP contribution in [0.25, 0.3) is 10.9 Å². The Bertz CT molecular complexity index is 951. The predicted octanol–water partition coefficient (Wildman–Crippen LogP) is 3.78. The molecule has 3 rings (SSSR count). The number of benzene rings is 2. The van der Waals surface area contributed by atoms with E-state index < -0.39 is 11.4 Å². The molecule has 0 radical (unpaired) electrons. The third kappa shape index (κ3) is 2.58. The van der Waals surface area contributed by atoms with E-state index in [0.717, 1.165) is 0 Å². The van der Waals surface area contributed by atoms with Crippen LogP contribution >= 0.6 is 11.6 Å². The van der Waals surface area contributed by atoms with Crippen LogP contribution in [0.3, 0.4) is 0 Å². The highest BCUT2D eigenvalue weighted by atomic mass is 35.5. The summed E-state index contributed by atoms with van der Waals surface area (Å²) in [5.41, 5.74) is 0.470. The fourth-order valence-corrected chi connectivity index (χ4v) is 2.24. The minimum Gasteiger partial charge on any atom is -0.506 e. The number of hydrogen-bond acceptors (Lipinski definition) is 3. The van der Waals surface area contributed by atoms with Crippen molar-refractivity contribution in [1.29, 1.82) is 0 Å². The van der Waals surface area contributed by atoms with E-state index in [0.29, 0.717) is 16.6 Å². The van der Waals surface area contributed by atoms with Gasteiger partial charge in [-0.2, -0.15) is 0 Å². The summed E-state index contributed by atoms with van der Waals surface area (Å²) in [5.74, 6) is -0.705. The van der Waals surface area contributed by atoms with Crippen molar-refractivity contribution >= 4 is 34.4 Å². The molecule has 0 unspecified atom stereocenters. The maximum atomic E-state index is 13.1. The summed E-state index contributed by atoms with van der Waals surface area (Å²) in [7, 11) is 0. The van der Waals surface area contributed by atoms with Gasteiger partial charge >= 0.3 is 0 Å². The summed E-state index contributed by atoms with van der Waals surface area (Å²) in [5, 5.41) is 10.7. The van der Waals surface area contributed by atoms with E-state index in [9.17, 15) is 14.3 Å². The van der Waals surface area contributed by atoms with E-state index in [1.807, 2.05) is 0 Å². The number of fused-ring (bicyclic) bond motifs is 1. The van der Waals surface area contributed by atoms with Gasteiger partial charge in [0.25, 0.3) is 5.56 Å². The molecule has 0 bridgehead atoms. The Morgan fingerprint density at radius 3 is 2.77 bits per heavy atom. The first-order chi connectivity index (χ1) is 10.6. The first-order valence-corrected chi connectivity index (χ1v) is 6.77. The summed E-state index contributed by atoms with van der Waals surface area (Å²) >= 11 is 5.67. The second-order valence-electron chi connectivity index (χ2n) is 4.62. The number of halogens is 2. The SMILES string of the molecule is O=c1[nH]c2ccccc2c(O)c1C=Nc1ccc(F)c(Cl)c1. The number of aromatic nitrogens is 1. The van der Waals surface area contributed by atoms with Gasteiger partial charge in [0.1, 0.15) is 17.1 Å². The number of aromatic amines is 1. The van der Waals surface area contributed by atoms with Gasteiger partial charge in [-0.1, -0.05) is 23.7 Å². The number of hydrogen-bond donors (Lipinski definition) is 2. The largest absolute Gasteiger partial charge is 0.506 e. The smallest absolute Gasteiger partial charge is 0.261 e. The monoisotopic (exact) mass is 316 g/mol. The fourth-order valence-electron chi connectivity index (χ4n) is 2.07. The van der Waals surface area contributed by atoms with Crippen molar-refractivity contribution in [3.63, 3.8) is 0 Å². The van der Waals surface area contributed by atoms with Gasteiger partial charge in [0.05, 0.1) is 16.2 Å². The van der Waals surface area contributed by atoms with Crippen molar-refractivity contribution in [1.82, 2.24) is 4.98 Å². The van der Waals surface area contributed by atoms with Gasteiger partial charge in [0.15, 0.2) is 0 Å². The van der Waals surface area contributed by atoms with Crippen LogP contribution in [0.5, 0.6) is 5.75 Å². The number of aromatic hydroxyl groups is 1. The maximum Gasteiger partial charge on any atom is 0.261 e. The highest BCUT2D eigenvalue weighted by molar-refractivity contribution is 6.31. The molecule has 0 aliphatic carbocycles. The Morgan fingerprint density at radius 1 is 1.23 bits per heavy atom. The van der Waals surface area contributed by atoms with Gasteiger partial charge in [-0.3, -0.25) is 9.79 Å². The molecule has 2 N–H and O–H groups in total. The second kappa shape index (κ2) is 5.61. The zero-order chi connectivity index (χ0) is 15.7. The van der Waals surface area contributed by atoms with Crippen LogP contribution in [0.2, 0.25) is 5.02 Å². The maximum absolute atomic E-state index is 13.1. The molecule has 6 heteroatoms. The Balaban J connectivity index is 2.08. The standard InChI is InChI=1S/C16H10ClFN2O2/c17-12-7-9(5-6-13(12)18)19-8-11-15(21)10-3-1-2-4-14(10)20-16(11)22/h1-8H,(H2,20,21,22). The number of nitrogens with one attached hydrogen (secondary N) is 1. The van der Waals surface area contributed by atoms with Crippen LogP contribution in [0, 0.1) is 5.82 Å². The Kier molecular flexibility index (Phi) is 3.65. The lowest BCUT2D eigenvalue weighted by molar-refractivity contribution is 0.479. The van der Waals surface area contributed by atoms with Gasteiger partial charge in [-0.05, 0) is 30.3 Å². The number of pyridine rings is 1. The first kappa shape index (κ1) is 14.3. The van der Waals surface area contributed by atoms with Crippen molar-refractivity contribution < 1.29 is 9.50 Å². The number of H-pyrrole nitrogens is 1. The quantitative estimate of drug-likeness (QED) is 0.707. The molecule has 0 saturated heterocycles. The van der Waals surface area contributed by atoms with E-state index >= 15 is 0 Å². The van der Waals surface area contributed by atoms with Gasteiger partial charge in [0, 0.05) is 11.6 Å². The molecule has 0 spiro atoms. The van der Waals surface area contributed by atoms with E-state index in [-0.39, 0.29) is 16.3 Å². The molecule has 0 aliphatic rings. The van der Waals surface area contributed by atoms with E-state index in [4.69, 9.17) is 11.6 Å². The molecule has 110 valence electrons. The molecule has 0 fully saturated rings. The molecular formula is C16H10ClFN2O2. The zero-order valence-corrected chi connectivity index (χ0v) is 11.9. The van der Waals surface area contributed by atoms with Crippen LogP contribution in [-0.2, 0) is 0 Å². The number of nitrogens with zero attached hydrogens (tertiary/aromatic N) is 1. The minimum absolute atomic E-state index is 0.0270. The Hall–Kier alpha value is -2.66. The van der Waals surface area contributed by atoms with Crippen molar-refractivity contribution in [2.75, 3.05) is 0 Å². The lowest BCUT2D eigenvalue weighted by Gasteiger charge is -2.03. The molecule has 1 heterocycles. The van der Waals surface area contributed by atoms with Gasteiger partial charge in [-0.15, -0.1) is 0 Å². The number of para-hydroxylation sites is 1. The molecule has 0 aliphatic heterocycles. The molecule has 0 amide bonds. The summed E-state index contributed by atoms with van der Waals surface area (Å²) in [6.07, 6.45) is 1.23. The van der Waals surface area contributed by atoms with E-state index in [2.05, 4.69) is 9.98 Å². The average Bonchev–Trinajstić information content (AvgIpc) is 2.50. The Labute approximate surface area is 129 Å². The van der Waals surface area contributed by atoms with Crippen molar-refractivity contribution in [3.05, 3.63) is 69.2 Å². The summed E-state index contributed by atoms with van der Waals surface area (Å²) < 4.78 is 13.1. The molecule has 3 aromatic rings. The molecule has 1 aromatic heterocycles. The fraction of sp³-hybridized carbons (Fsp3) is 0. The van der Waals surface area contributed by atoms with Crippen LogP contribution in [0.1, 0.15) is 5.56 Å². The van der Waals surface area contributed by atoms with Gasteiger partial charge < -0.3 is 10.1 Å². The third-order valence-electron chi connectivity index (χ3n) is 3.18. The molecule has 4 nitrogen and oxygen atoms in total. The van der Waals surface area contributed by atoms with E-state index in [1.165, 1.54) is 24.4 Å². The highest BCUT2D eigenvalue weighted by Gasteiger charge is 2.09. The Morgan fingerprint density at radius 2 is 2.00 bits per heavy atom. The molecule has 0 saturated carbocycles. The molecular weight excluding hydrogens is 307 g/mol. The van der Waals surface area contributed by atoms with E-state index in [1.54, 1.807) is 24.3 Å². The lowest BCUT2D eigenvalue weighted by Crippen LogP contribution is -2.12. The molecule has 0 atom stereocenters. The van der Waals surface area contributed by atoms with Crippen LogP contribution in [0.4, 0.5) is 10.1 Å². The first-order valence-electron chi connectivity index (χ1n) is 6.39. The molecule has 2 aromatic carbocycles. The molecule has 22 heavy (non-hydrogen) atoms. The zero-order valence-electron chi connectivity index (χ0n) is 11.2. The number of rotatable bonds is 2. The average molecular weight is 317 g/mol. The van der Waals surface area contributed by atoms with Crippen molar-refractivity contribution in [3.8, 4) is 5.75 Å². The highest BCUT2D eigenvalue weighted by Crippen LogP contribution is 2.25. The third-order valence-corrected chi connectivity index (χ3v) is 3.47. The summed E-state index contributed by atoms with van der Waals surface area (Å²) in [6.45, 7) is 0. The lowest BCUT2D eigenvalue weighted by atomic mass is 10.1. The van der Waals surface area contributed by atoms with Gasteiger partial charge in [-0.25, -0.2) is 4.39 Å². The predicted molar refractivity (Wildman–Crippen MR) is 84.9 cm³/mol. The van der Waals surface area contributed by atoms with Crippen molar-refractivity contribution in [2.45, 2.75) is 0 Å². The van der Waals surface area contributed by atoms with Crippen LogP contribution < -0.4 is 5.56 Å². The minimum atomic E-state index is -0.549. The number of aliphatic imine (C=N–C) groups is 1. The second-order valence-corrected chi connectivity index (χ2v) is 5.03. The normalized spacial score (nSPS) is 11.4. The van der Waals surface area contributed by atoms with Gasteiger partial charge in [0.2, 0.25) is 0 Å².